The van der Waals surface area contributed by atoms with Crippen LogP contribution in [-0.4, -0.2) is 11.1 Å². The summed E-state index contributed by atoms with van der Waals surface area (Å²) < 4.78 is 17.4. The molecule has 2 rings (SSSR count). The van der Waals surface area contributed by atoms with Crippen molar-refractivity contribution in [2.45, 2.75) is 6.92 Å². The van der Waals surface area contributed by atoms with Crippen molar-refractivity contribution in [1.29, 1.82) is 0 Å². The summed E-state index contributed by atoms with van der Waals surface area (Å²) >= 11 is 0. The zero-order chi connectivity index (χ0) is 11.5. The van der Waals surface area contributed by atoms with Crippen molar-refractivity contribution in [3.63, 3.8) is 0 Å². The number of hydrogen-bond donors (Lipinski definition) is 1. The molecule has 0 aliphatic heterocycles. The van der Waals surface area contributed by atoms with Crippen molar-refractivity contribution in [2.75, 3.05) is 5.32 Å². The van der Waals surface area contributed by atoms with Gasteiger partial charge in [0.05, 0.1) is 6.20 Å². The van der Waals surface area contributed by atoms with Gasteiger partial charge in [-0.05, 0) is 31.2 Å². The molecule has 1 heterocycles. The van der Waals surface area contributed by atoms with Gasteiger partial charge in [0.1, 0.15) is 5.82 Å². The van der Waals surface area contributed by atoms with E-state index in [1.165, 1.54) is 30.5 Å². The number of amides is 1. The zero-order valence-electron chi connectivity index (χ0n) is 8.53. The number of rotatable bonds is 2. The molecule has 2 aromatic rings. The molecular weight excluding hydrogens is 211 g/mol. The third kappa shape index (κ3) is 2.08. The molecule has 82 valence electrons. The molecular formula is C11H9FN2O2. The number of anilines is 1. The number of nitrogens with zero attached hydrogens (tertiary/aromatic N) is 1. The van der Waals surface area contributed by atoms with Crippen LogP contribution in [0.3, 0.4) is 0 Å². The van der Waals surface area contributed by atoms with Gasteiger partial charge < -0.3 is 9.84 Å². The topological polar surface area (TPSA) is 55.1 Å². The second-order valence-electron chi connectivity index (χ2n) is 3.30. The Bertz CT molecular complexity index is 505. The van der Waals surface area contributed by atoms with E-state index in [1.54, 1.807) is 6.92 Å². The van der Waals surface area contributed by atoms with E-state index in [2.05, 4.69) is 10.5 Å². The maximum absolute atomic E-state index is 12.6. The van der Waals surface area contributed by atoms with Crippen molar-refractivity contribution in [3.8, 4) is 0 Å². The molecule has 0 aliphatic rings. The Morgan fingerprint density at radius 1 is 1.38 bits per heavy atom. The lowest BCUT2D eigenvalue weighted by atomic mass is 10.2. The summed E-state index contributed by atoms with van der Waals surface area (Å²) in [5.41, 5.74) is 1.15. The average Bonchev–Trinajstić information content (AvgIpc) is 2.68. The monoisotopic (exact) mass is 220 g/mol. The number of benzene rings is 1. The summed E-state index contributed by atoms with van der Waals surface area (Å²) in [6.07, 6.45) is 1.46. The van der Waals surface area contributed by atoms with E-state index >= 15 is 0 Å². The Morgan fingerprint density at radius 2 is 2.06 bits per heavy atom. The summed E-state index contributed by atoms with van der Waals surface area (Å²) in [4.78, 5) is 11.6. The van der Waals surface area contributed by atoms with Gasteiger partial charge in [-0.1, -0.05) is 5.16 Å². The number of aromatic nitrogens is 1. The average molecular weight is 220 g/mol. The summed E-state index contributed by atoms with van der Waals surface area (Å²) in [6.45, 7) is 1.72. The van der Waals surface area contributed by atoms with Gasteiger partial charge in [0.2, 0.25) is 5.76 Å². The summed E-state index contributed by atoms with van der Waals surface area (Å²) in [6, 6.07) is 5.48. The predicted molar refractivity (Wildman–Crippen MR) is 55.6 cm³/mol. The number of carbonyl (C=O) groups excluding carboxylic acids is 1. The van der Waals surface area contributed by atoms with Crippen LogP contribution in [0.1, 0.15) is 16.1 Å². The van der Waals surface area contributed by atoms with Gasteiger partial charge in [0.15, 0.2) is 0 Å². The van der Waals surface area contributed by atoms with Crippen LogP contribution in [-0.2, 0) is 0 Å². The Balaban J connectivity index is 2.14. The quantitative estimate of drug-likeness (QED) is 0.845. The molecule has 16 heavy (non-hydrogen) atoms. The minimum atomic E-state index is -0.401. The van der Waals surface area contributed by atoms with E-state index in [9.17, 15) is 9.18 Å². The number of nitrogens with one attached hydrogen (secondary N) is 1. The van der Waals surface area contributed by atoms with Crippen LogP contribution >= 0.6 is 0 Å². The molecule has 0 radical (unpaired) electrons. The second kappa shape index (κ2) is 4.14. The third-order valence-electron chi connectivity index (χ3n) is 2.06. The Hall–Kier alpha value is -2.17. The molecule has 0 saturated carbocycles. The molecule has 4 nitrogen and oxygen atoms in total. The Labute approximate surface area is 91.1 Å². The first-order valence-corrected chi connectivity index (χ1v) is 4.65. The largest absolute Gasteiger partial charge is 0.351 e. The van der Waals surface area contributed by atoms with Crippen LogP contribution in [0.15, 0.2) is 35.0 Å². The van der Waals surface area contributed by atoms with Gasteiger partial charge in [-0.15, -0.1) is 0 Å². The first-order chi connectivity index (χ1) is 7.66. The summed E-state index contributed by atoms with van der Waals surface area (Å²) in [5.74, 6) is -0.597. The van der Waals surface area contributed by atoms with Crippen LogP contribution < -0.4 is 5.32 Å². The lowest BCUT2D eigenvalue weighted by Gasteiger charge is -2.02. The Kier molecular flexibility index (Phi) is 2.68. The zero-order valence-corrected chi connectivity index (χ0v) is 8.53. The van der Waals surface area contributed by atoms with Crippen LogP contribution in [0.25, 0.3) is 0 Å². The standard InChI is InChI=1S/C11H9FN2O2/c1-7-6-13-16-10(7)11(15)14-9-4-2-8(12)3-5-9/h2-6H,1H3,(H,14,15). The van der Waals surface area contributed by atoms with Crippen molar-refractivity contribution < 1.29 is 13.7 Å². The fraction of sp³-hybridized carbons (Fsp3) is 0.0909. The Morgan fingerprint density at radius 3 is 2.62 bits per heavy atom. The minimum absolute atomic E-state index is 0.157. The lowest BCUT2D eigenvalue weighted by Crippen LogP contribution is -2.11. The minimum Gasteiger partial charge on any atom is -0.351 e. The van der Waals surface area contributed by atoms with Gasteiger partial charge in [0.25, 0.3) is 5.91 Å². The number of hydrogen-bond acceptors (Lipinski definition) is 3. The highest BCUT2D eigenvalue weighted by molar-refractivity contribution is 6.02. The SMILES string of the molecule is Cc1cnoc1C(=O)Nc1ccc(F)cc1. The maximum atomic E-state index is 12.6. The molecule has 1 aromatic carbocycles. The molecule has 0 bridgehead atoms. The van der Waals surface area contributed by atoms with E-state index in [1.807, 2.05) is 0 Å². The van der Waals surface area contributed by atoms with Gasteiger partial charge in [-0.3, -0.25) is 4.79 Å². The van der Waals surface area contributed by atoms with Crippen molar-refractivity contribution in [1.82, 2.24) is 5.16 Å². The fourth-order valence-corrected chi connectivity index (χ4v) is 1.23. The molecule has 1 N–H and O–H groups in total. The molecule has 0 spiro atoms. The molecule has 0 unspecified atom stereocenters. The second-order valence-corrected chi connectivity index (χ2v) is 3.30. The maximum Gasteiger partial charge on any atom is 0.294 e. The first kappa shape index (κ1) is 10.4. The van der Waals surface area contributed by atoms with Gasteiger partial charge >= 0.3 is 0 Å². The van der Waals surface area contributed by atoms with E-state index in [4.69, 9.17) is 4.52 Å². The van der Waals surface area contributed by atoms with Gasteiger partial charge in [-0.2, -0.15) is 0 Å². The summed E-state index contributed by atoms with van der Waals surface area (Å²) in [7, 11) is 0. The van der Waals surface area contributed by atoms with Crippen LogP contribution in [0.4, 0.5) is 10.1 Å². The number of halogens is 1. The predicted octanol–water partition coefficient (Wildman–Crippen LogP) is 2.37. The van der Waals surface area contributed by atoms with Gasteiger partial charge in [0, 0.05) is 11.3 Å². The van der Waals surface area contributed by atoms with Crippen LogP contribution in [0.2, 0.25) is 0 Å². The van der Waals surface area contributed by atoms with Crippen molar-refractivity contribution >= 4 is 11.6 Å². The molecule has 5 heteroatoms. The normalized spacial score (nSPS) is 10.1. The van der Waals surface area contributed by atoms with Crippen LogP contribution in [0, 0.1) is 12.7 Å². The molecule has 1 aromatic heterocycles. The van der Waals surface area contributed by atoms with Crippen LogP contribution in [0.5, 0.6) is 0 Å². The highest BCUT2D eigenvalue weighted by Gasteiger charge is 2.13. The molecule has 1 amide bonds. The molecule has 0 aliphatic carbocycles. The fourth-order valence-electron chi connectivity index (χ4n) is 1.23. The smallest absolute Gasteiger partial charge is 0.294 e. The molecule has 0 fully saturated rings. The van der Waals surface area contributed by atoms with Crippen molar-refractivity contribution in [2.24, 2.45) is 0 Å². The number of carbonyl (C=O) groups is 1. The molecule has 0 atom stereocenters. The van der Waals surface area contributed by atoms with Crippen molar-refractivity contribution in [3.05, 3.63) is 47.6 Å². The van der Waals surface area contributed by atoms with E-state index in [-0.39, 0.29) is 11.6 Å². The molecule has 0 saturated heterocycles. The highest BCUT2D eigenvalue weighted by atomic mass is 19.1. The summed E-state index contributed by atoms with van der Waals surface area (Å²) in [5, 5.41) is 6.08. The first-order valence-electron chi connectivity index (χ1n) is 4.65. The van der Waals surface area contributed by atoms with E-state index in [0.29, 0.717) is 11.3 Å². The number of aryl methyl sites for hydroxylation is 1. The third-order valence-corrected chi connectivity index (χ3v) is 2.06. The van der Waals surface area contributed by atoms with E-state index < -0.39 is 5.91 Å². The van der Waals surface area contributed by atoms with E-state index in [0.717, 1.165) is 0 Å². The lowest BCUT2D eigenvalue weighted by molar-refractivity contribution is 0.0987. The highest BCUT2D eigenvalue weighted by Crippen LogP contribution is 2.12. The van der Waals surface area contributed by atoms with Gasteiger partial charge in [-0.25, -0.2) is 4.39 Å².